The van der Waals surface area contributed by atoms with Gasteiger partial charge in [0, 0.05) is 31.2 Å². The average molecular weight is 236 g/mol. The van der Waals surface area contributed by atoms with Crippen molar-refractivity contribution in [3.8, 4) is 0 Å². The van der Waals surface area contributed by atoms with Crippen LogP contribution in [0.5, 0.6) is 0 Å². The zero-order valence-electron chi connectivity index (χ0n) is 9.80. The van der Waals surface area contributed by atoms with Gasteiger partial charge in [-0.25, -0.2) is 0 Å². The molecule has 5 heteroatoms. The second-order valence-corrected chi connectivity index (χ2v) is 5.04. The van der Waals surface area contributed by atoms with Gasteiger partial charge in [0.1, 0.15) is 0 Å². The molecule has 3 heterocycles. The van der Waals surface area contributed by atoms with Crippen molar-refractivity contribution in [1.29, 1.82) is 0 Å². The molecule has 3 atom stereocenters. The Labute approximate surface area is 94.4 Å². The molecule has 0 N–H and O–H groups in total. The third-order valence-corrected chi connectivity index (χ3v) is 3.95. The van der Waals surface area contributed by atoms with Crippen LogP contribution >= 0.6 is 0 Å². The summed E-state index contributed by atoms with van der Waals surface area (Å²) in [5, 5.41) is 0. The molecule has 0 spiro atoms. The lowest BCUT2D eigenvalue weighted by atomic mass is 9.86. The summed E-state index contributed by atoms with van der Waals surface area (Å²) in [7, 11) is 0. The lowest BCUT2D eigenvalue weighted by Gasteiger charge is -2.57. The maximum absolute atomic E-state index is 12.3. The summed E-state index contributed by atoms with van der Waals surface area (Å²) in [6.07, 6.45) is -2.03. The third kappa shape index (κ3) is 2.35. The fraction of sp³-hybridized carbons (Fsp3) is 1.00. The maximum Gasteiger partial charge on any atom is 0.401 e. The monoisotopic (exact) mass is 236 g/mol. The van der Waals surface area contributed by atoms with Crippen LogP contribution in [-0.2, 0) is 0 Å². The molecule has 3 rings (SSSR count). The van der Waals surface area contributed by atoms with Gasteiger partial charge < -0.3 is 0 Å². The van der Waals surface area contributed by atoms with Gasteiger partial charge in [-0.05, 0) is 19.8 Å². The zero-order chi connectivity index (χ0) is 11.9. The highest BCUT2D eigenvalue weighted by Crippen LogP contribution is 2.35. The SMILES string of the molecule is CCC(C)N1CC2CC(C1)N2CC(F)(F)F. The minimum Gasteiger partial charge on any atom is -0.298 e. The van der Waals surface area contributed by atoms with E-state index in [0.717, 1.165) is 25.9 Å². The minimum absolute atomic E-state index is 0.134. The molecular weight excluding hydrogens is 217 g/mol. The van der Waals surface area contributed by atoms with E-state index in [2.05, 4.69) is 18.7 Å². The highest BCUT2D eigenvalue weighted by Gasteiger charge is 2.49. The van der Waals surface area contributed by atoms with Crippen LogP contribution < -0.4 is 0 Å². The summed E-state index contributed by atoms with van der Waals surface area (Å²) >= 11 is 0. The molecule has 2 nitrogen and oxygen atoms in total. The summed E-state index contributed by atoms with van der Waals surface area (Å²) in [6.45, 7) is 5.16. The lowest BCUT2D eigenvalue weighted by Crippen LogP contribution is -2.70. The topological polar surface area (TPSA) is 6.48 Å². The Bertz CT molecular complexity index is 242. The van der Waals surface area contributed by atoms with E-state index in [1.54, 1.807) is 4.90 Å². The largest absolute Gasteiger partial charge is 0.401 e. The van der Waals surface area contributed by atoms with Gasteiger partial charge >= 0.3 is 6.18 Å². The number of piperazine rings is 1. The molecule has 94 valence electrons. The van der Waals surface area contributed by atoms with Crippen molar-refractivity contribution in [2.75, 3.05) is 19.6 Å². The molecule has 0 aliphatic carbocycles. The number of nitrogens with zero attached hydrogens (tertiary/aromatic N) is 2. The number of alkyl halides is 3. The number of hydrogen-bond acceptors (Lipinski definition) is 2. The highest BCUT2D eigenvalue weighted by molar-refractivity contribution is 5.02. The normalized spacial score (nSPS) is 33.6. The Hall–Kier alpha value is -0.290. The van der Waals surface area contributed by atoms with Gasteiger partial charge in [-0.1, -0.05) is 6.92 Å². The molecule has 0 saturated carbocycles. The van der Waals surface area contributed by atoms with Gasteiger partial charge in [0.15, 0.2) is 0 Å². The summed E-state index contributed by atoms with van der Waals surface area (Å²) in [6, 6.07) is 0.766. The van der Waals surface area contributed by atoms with Crippen molar-refractivity contribution in [3.63, 3.8) is 0 Å². The predicted molar refractivity (Wildman–Crippen MR) is 56.3 cm³/mol. The summed E-state index contributed by atoms with van der Waals surface area (Å²) in [4.78, 5) is 3.95. The fourth-order valence-corrected chi connectivity index (χ4v) is 2.80. The first-order chi connectivity index (χ1) is 7.40. The van der Waals surface area contributed by atoms with Crippen molar-refractivity contribution < 1.29 is 13.2 Å². The first-order valence-corrected chi connectivity index (χ1v) is 5.97. The Morgan fingerprint density at radius 2 is 1.81 bits per heavy atom. The molecule has 2 bridgehead atoms. The number of piperidine rings is 1. The van der Waals surface area contributed by atoms with Crippen molar-refractivity contribution in [2.24, 2.45) is 0 Å². The van der Waals surface area contributed by atoms with E-state index in [0.29, 0.717) is 6.04 Å². The summed E-state index contributed by atoms with van der Waals surface area (Å²) in [5.41, 5.74) is 0. The number of rotatable bonds is 3. The molecule has 3 aliphatic rings. The molecule has 3 fully saturated rings. The molecule has 0 radical (unpaired) electrons. The van der Waals surface area contributed by atoms with Crippen molar-refractivity contribution >= 4 is 0 Å². The Kier molecular flexibility index (Phi) is 3.18. The molecule has 0 aromatic rings. The van der Waals surface area contributed by atoms with Gasteiger partial charge in [0.2, 0.25) is 0 Å². The van der Waals surface area contributed by atoms with E-state index < -0.39 is 12.7 Å². The molecule has 3 unspecified atom stereocenters. The van der Waals surface area contributed by atoms with Gasteiger partial charge in [-0.15, -0.1) is 0 Å². The molecule has 16 heavy (non-hydrogen) atoms. The second-order valence-electron chi connectivity index (χ2n) is 5.04. The quantitative estimate of drug-likeness (QED) is 0.740. The van der Waals surface area contributed by atoms with Gasteiger partial charge in [-0.3, -0.25) is 9.80 Å². The first-order valence-electron chi connectivity index (χ1n) is 5.97. The Balaban J connectivity index is 1.88. The van der Waals surface area contributed by atoms with Gasteiger partial charge in [0.05, 0.1) is 6.54 Å². The Morgan fingerprint density at radius 3 is 2.25 bits per heavy atom. The van der Waals surface area contributed by atoms with Gasteiger partial charge in [-0.2, -0.15) is 13.2 Å². The van der Waals surface area contributed by atoms with Crippen molar-refractivity contribution in [2.45, 2.75) is 51.0 Å². The van der Waals surface area contributed by atoms with Crippen LogP contribution in [0, 0.1) is 0 Å². The number of hydrogen-bond donors (Lipinski definition) is 0. The van der Waals surface area contributed by atoms with Crippen LogP contribution in [0.2, 0.25) is 0 Å². The van der Waals surface area contributed by atoms with E-state index >= 15 is 0 Å². The van der Waals surface area contributed by atoms with Gasteiger partial charge in [0.25, 0.3) is 0 Å². The fourth-order valence-electron chi connectivity index (χ4n) is 2.80. The van der Waals surface area contributed by atoms with Crippen LogP contribution in [0.1, 0.15) is 26.7 Å². The third-order valence-electron chi connectivity index (χ3n) is 3.95. The number of halogens is 3. The maximum atomic E-state index is 12.3. The number of fused-ring (bicyclic) bond motifs is 2. The first kappa shape index (κ1) is 12.2. The van der Waals surface area contributed by atoms with E-state index in [1.165, 1.54) is 0 Å². The van der Waals surface area contributed by atoms with Crippen molar-refractivity contribution in [3.05, 3.63) is 0 Å². The highest BCUT2D eigenvalue weighted by atomic mass is 19.4. The second kappa shape index (κ2) is 4.18. The molecule has 3 aliphatic heterocycles. The molecule has 0 amide bonds. The van der Waals surface area contributed by atoms with Crippen LogP contribution in [0.15, 0.2) is 0 Å². The van der Waals surface area contributed by atoms with Crippen LogP contribution in [0.25, 0.3) is 0 Å². The van der Waals surface area contributed by atoms with E-state index in [1.807, 2.05) is 0 Å². The molecule has 3 saturated heterocycles. The lowest BCUT2D eigenvalue weighted by molar-refractivity contribution is -0.189. The average Bonchev–Trinajstić information content (AvgIpc) is 2.24. The molecule has 0 aromatic carbocycles. The van der Waals surface area contributed by atoms with Crippen LogP contribution in [0.4, 0.5) is 13.2 Å². The van der Waals surface area contributed by atoms with E-state index in [9.17, 15) is 13.2 Å². The zero-order valence-corrected chi connectivity index (χ0v) is 9.80. The summed E-state index contributed by atoms with van der Waals surface area (Å²) in [5.74, 6) is 0. The standard InChI is InChI=1S/C11H19F3N2/c1-3-8(2)15-5-9-4-10(6-15)16(9)7-11(12,13)14/h8-10H,3-7H2,1-2H3. The Morgan fingerprint density at radius 1 is 1.25 bits per heavy atom. The van der Waals surface area contributed by atoms with Crippen LogP contribution in [0.3, 0.4) is 0 Å². The van der Waals surface area contributed by atoms with E-state index in [-0.39, 0.29) is 12.1 Å². The smallest absolute Gasteiger partial charge is 0.298 e. The minimum atomic E-state index is -4.05. The molecular formula is C11H19F3N2. The van der Waals surface area contributed by atoms with Crippen LogP contribution in [-0.4, -0.2) is 53.7 Å². The van der Waals surface area contributed by atoms with Crippen molar-refractivity contribution in [1.82, 2.24) is 9.80 Å². The summed E-state index contributed by atoms with van der Waals surface area (Å²) < 4.78 is 36.9. The molecule has 0 aromatic heterocycles. The predicted octanol–water partition coefficient (Wildman–Crippen LogP) is 2.11. The van der Waals surface area contributed by atoms with E-state index in [4.69, 9.17) is 0 Å².